The molecule has 0 unspecified atom stereocenters. The SMILES string of the molecule is Cc1ccsc1CNCc1cc(Cl)ccc1OC(F)F. The highest BCUT2D eigenvalue weighted by atomic mass is 35.5. The predicted octanol–water partition coefficient (Wildman–Crippen LogP) is 4.60. The molecule has 0 spiro atoms. The summed E-state index contributed by atoms with van der Waals surface area (Å²) in [5, 5.41) is 5.73. The molecule has 1 aromatic heterocycles. The van der Waals surface area contributed by atoms with E-state index in [1.807, 2.05) is 18.4 Å². The average Bonchev–Trinajstić information content (AvgIpc) is 2.78. The van der Waals surface area contributed by atoms with Crippen LogP contribution in [0, 0.1) is 6.92 Å². The van der Waals surface area contributed by atoms with Crippen molar-refractivity contribution in [3.05, 3.63) is 50.7 Å². The molecule has 1 heterocycles. The first-order valence-corrected chi connectivity index (χ1v) is 7.29. The molecule has 0 fully saturated rings. The third kappa shape index (κ3) is 4.16. The summed E-state index contributed by atoms with van der Waals surface area (Å²) in [5.74, 6) is 0.153. The fourth-order valence-corrected chi connectivity index (χ4v) is 2.86. The molecule has 0 atom stereocenters. The summed E-state index contributed by atoms with van der Waals surface area (Å²) in [6.07, 6.45) is 0. The van der Waals surface area contributed by atoms with Gasteiger partial charge in [-0.15, -0.1) is 11.3 Å². The first kappa shape index (κ1) is 15.2. The van der Waals surface area contributed by atoms with Gasteiger partial charge in [-0.05, 0) is 42.1 Å². The number of ether oxygens (including phenoxy) is 1. The van der Waals surface area contributed by atoms with Crippen molar-refractivity contribution in [1.82, 2.24) is 5.32 Å². The molecule has 20 heavy (non-hydrogen) atoms. The van der Waals surface area contributed by atoms with Gasteiger partial charge in [0.05, 0.1) is 0 Å². The third-order valence-corrected chi connectivity index (χ3v) is 4.07. The Morgan fingerprint density at radius 3 is 2.75 bits per heavy atom. The smallest absolute Gasteiger partial charge is 0.387 e. The molecule has 2 nitrogen and oxygen atoms in total. The van der Waals surface area contributed by atoms with Crippen LogP contribution in [0.3, 0.4) is 0 Å². The Morgan fingerprint density at radius 2 is 2.10 bits per heavy atom. The van der Waals surface area contributed by atoms with Crippen molar-refractivity contribution in [3.63, 3.8) is 0 Å². The van der Waals surface area contributed by atoms with Gasteiger partial charge in [0.2, 0.25) is 0 Å². The molecule has 0 aliphatic heterocycles. The van der Waals surface area contributed by atoms with E-state index in [9.17, 15) is 8.78 Å². The molecule has 0 aliphatic carbocycles. The van der Waals surface area contributed by atoms with Crippen LogP contribution < -0.4 is 10.1 Å². The molecule has 2 rings (SSSR count). The molecule has 0 radical (unpaired) electrons. The molecule has 108 valence electrons. The second-order valence-corrected chi connectivity index (χ2v) is 5.70. The number of halogens is 3. The van der Waals surface area contributed by atoms with Crippen molar-refractivity contribution in [2.75, 3.05) is 0 Å². The Morgan fingerprint density at radius 1 is 1.30 bits per heavy atom. The van der Waals surface area contributed by atoms with Crippen LogP contribution >= 0.6 is 22.9 Å². The predicted molar refractivity (Wildman–Crippen MR) is 77.7 cm³/mol. The van der Waals surface area contributed by atoms with E-state index in [-0.39, 0.29) is 5.75 Å². The van der Waals surface area contributed by atoms with Crippen molar-refractivity contribution in [3.8, 4) is 5.75 Å². The lowest BCUT2D eigenvalue weighted by molar-refractivity contribution is -0.0505. The van der Waals surface area contributed by atoms with E-state index in [0.29, 0.717) is 23.7 Å². The number of thiophene rings is 1. The van der Waals surface area contributed by atoms with Gasteiger partial charge in [-0.3, -0.25) is 0 Å². The summed E-state index contributed by atoms with van der Waals surface area (Å²) < 4.78 is 29.1. The molecular formula is C14H14ClF2NOS. The molecule has 0 amide bonds. The van der Waals surface area contributed by atoms with E-state index in [0.717, 1.165) is 0 Å². The maximum Gasteiger partial charge on any atom is 0.387 e. The minimum Gasteiger partial charge on any atom is -0.434 e. The fourth-order valence-electron chi connectivity index (χ4n) is 1.79. The van der Waals surface area contributed by atoms with Gasteiger partial charge in [-0.1, -0.05) is 11.6 Å². The quantitative estimate of drug-likeness (QED) is 0.840. The largest absolute Gasteiger partial charge is 0.434 e. The van der Waals surface area contributed by atoms with Gasteiger partial charge in [0.1, 0.15) is 5.75 Å². The van der Waals surface area contributed by atoms with Gasteiger partial charge >= 0.3 is 6.61 Å². The summed E-state index contributed by atoms with van der Waals surface area (Å²) in [7, 11) is 0. The second-order valence-electron chi connectivity index (χ2n) is 4.26. The second kappa shape index (κ2) is 7.02. The highest BCUT2D eigenvalue weighted by Crippen LogP contribution is 2.24. The maximum atomic E-state index is 12.3. The van der Waals surface area contributed by atoms with Crippen LogP contribution in [0.15, 0.2) is 29.6 Å². The number of nitrogens with one attached hydrogen (secondary N) is 1. The lowest BCUT2D eigenvalue weighted by Gasteiger charge is -2.12. The topological polar surface area (TPSA) is 21.3 Å². The van der Waals surface area contributed by atoms with Crippen molar-refractivity contribution >= 4 is 22.9 Å². The van der Waals surface area contributed by atoms with Gasteiger partial charge in [0, 0.05) is 28.6 Å². The van der Waals surface area contributed by atoms with E-state index in [2.05, 4.69) is 10.1 Å². The van der Waals surface area contributed by atoms with Crippen LogP contribution in [-0.4, -0.2) is 6.61 Å². The van der Waals surface area contributed by atoms with Gasteiger partial charge in [-0.25, -0.2) is 0 Å². The normalized spacial score (nSPS) is 11.1. The van der Waals surface area contributed by atoms with Crippen LogP contribution in [0.5, 0.6) is 5.75 Å². The van der Waals surface area contributed by atoms with Crippen molar-refractivity contribution < 1.29 is 13.5 Å². The molecule has 2 aromatic rings. The summed E-state index contributed by atoms with van der Waals surface area (Å²) in [4.78, 5) is 1.23. The van der Waals surface area contributed by atoms with E-state index in [4.69, 9.17) is 11.6 Å². The van der Waals surface area contributed by atoms with E-state index in [1.54, 1.807) is 17.4 Å². The summed E-state index contributed by atoms with van der Waals surface area (Å²) >= 11 is 7.55. The van der Waals surface area contributed by atoms with Crippen molar-refractivity contribution in [2.45, 2.75) is 26.6 Å². The summed E-state index contributed by atoms with van der Waals surface area (Å²) in [6, 6.07) is 6.67. The standard InChI is InChI=1S/C14H14ClF2NOS/c1-9-4-5-20-13(9)8-18-7-10-6-11(15)2-3-12(10)19-14(16)17/h2-6,14,18H,7-8H2,1H3. The number of benzene rings is 1. The van der Waals surface area contributed by atoms with Crippen LogP contribution in [-0.2, 0) is 13.1 Å². The summed E-state index contributed by atoms with van der Waals surface area (Å²) in [6.45, 7) is 0.303. The van der Waals surface area contributed by atoms with E-state index in [1.165, 1.54) is 22.6 Å². The van der Waals surface area contributed by atoms with Crippen LogP contribution in [0.4, 0.5) is 8.78 Å². The first-order chi connectivity index (χ1) is 9.56. The van der Waals surface area contributed by atoms with Gasteiger partial charge in [0.25, 0.3) is 0 Å². The van der Waals surface area contributed by atoms with Crippen LogP contribution in [0.2, 0.25) is 5.02 Å². The number of alkyl halides is 2. The lowest BCUT2D eigenvalue weighted by atomic mass is 10.2. The molecular weight excluding hydrogens is 304 g/mol. The Kier molecular flexibility index (Phi) is 5.34. The number of hydrogen-bond acceptors (Lipinski definition) is 3. The lowest BCUT2D eigenvalue weighted by Crippen LogP contribution is -2.14. The molecule has 0 bridgehead atoms. The number of aryl methyl sites for hydroxylation is 1. The first-order valence-electron chi connectivity index (χ1n) is 6.03. The van der Waals surface area contributed by atoms with Gasteiger partial charge in [-0.2, -0.15) is 8.78 Å². The minimum absolute atomic E-state index is 0.153. The average molecular weight is 318 g/mol. The number of hydrogen-bond donors (Lipinski definition) is 1. The highest BCUT2D eigenvalue weighted by Gasteiger charge is 2.10. The van der Waals surface area contributed by atoms with Gasteiger partial charge < -0.3 is 10.1 Å². The molecule has 0 aliphatic rings. The molecule has 0 saturated heterocycles. The molecule has 6 heteroatoms. The zero-order chi connectivity index (χ0) is 14.5. The number of rotatable bonds is 6. The third-order valence-electron chi connectivity index (χ3n) is 2.81. The molecule has 1 N–H and O–H groups in total. The Hall–Kier alpha value is -1.17. The maximum absolute atomic E-state index is 12.3. The monoisotopic (exact) mass is 317 g/mol. The van der Waals surface area contributed by atoms with E-state index < -0.39 is 6.61 Å². The Balaban J connectivity index is 2.01. The van der Waals surface area contributed by atoms with Crippen molar-refractivity contribution in [2.24, 2.45) is 0 Å². The van der Waals surface area contributed by atoms with Gasteiger partial charge in [0.15, 0.2) is 0 Å². The Bertz CT molecular complexity index is 574. The molecule has 1 aromatic carbocycles. The highest BCUT2D eigenvalue weighted by molar-refractivity contribution is 7.10. The van der Waals surface area contributed by atoms with Crippen LogP contribution in [0.25, 0.3) is 0 Å². The van der Waals surface area contributed by atoms with Crippen molar-refractivity contribution in [1.29, 1.82) is 0 Å². The fraction of sp³-hybridized carbons (Fsp3) is 0.286. The zero-order valence-electron chi connectivity index (χ0n) is 10.8. The summed E-state index contributed by atoms with van der Waals surface area (Å²) in [5.41, 5.74) is 1.84. The van der Waals surface area contributed by atoms with Crippen LogP contribution in [0.1, 0.15) is 16.0 Å². The minimum atomic E-state index is -2.84. The van der Waals surface area contributed by atoms with E-state index >= 15 is 0 Å². The zero-order valence-corrected chi connectivity index (χ0v) is 12.4. The molecule has 0 saturated carbocycles. The Labute approximate surface area is 125 Å².